The lowest BCUT2D eigenvalue weighted by Gasteiger charge is -2.03. The van der Waals surface area contributed by atoms with Crippen LogP contribution in [0.5, 0.6) is 0 Å². The fraction of sp³-hybridized carbons (Fsp3) is 0.273. The molecule has 4 N–H and O–H groups in total. The molecule has 1 aromatic carbocycles. The van der Waals surface area contributed by atoms with Gasteiger partial charge in [-0.1, -0.05) is 6.07 Å². The van der Waals surface area contributed by atoms with Crippen LogP contribution in [0.15, 0.2) is 23.0 Å². The summed E-state index contributed by atoms with van der Waals surface area (Å²) in [6.45, 7) is 1.01. The van der Waals surface area contributed by atoms with Crippen LogP contribution in [0.3, 0.4) is 0 Å². The lowest BCUT2D eigenvalue weighted by Crippen LogP contribution is -2.17. The highest BCUT2D eigenvalue weighted by Gasteiger charge is 2.00. The minimum atomic E-state index is -0.817. The molecule has 0 aliphatic carbocycles. The van der Waals surface area contributed by atoms with Crippen LogP contribution in [0.25, 0.3) is 11.0 Å². The molecule has 0 saturated carbocycles. The number of carboxylic acid groups (broad SMARTS) is 1. The molecule has 0 spiro atoms. The van der Waals surface area contributed by atoms with Gasteiger partial charge in [0.15, 0.2) is 0 Å². The zero-order chi connectivity index (χ0) is 12.3. The number of fused-ring (bicyclic) bond motifs is 1. The van der Waals surface area contributed by atoms with Crippen LogP contribution in [0, 0.1) is 0 Å². The highest BCUT2D eigenvalue weighted by molar-refractivity contribution is 5.75. The zero-order valence-electron chi connectivity index (χ0n) is 9.12. The third kappa shape index (κ3) is 2.94. The molecule has 1 aromatic heterocycles. The van der Waals surface area contributed by atoms with Gasteiger partial charge >= 0.3 is 11.7 Å². The van der Waals surface area contributed by atoms with E-state index in [1.165, 1.54) is 0 Å². The molecule has 0 aliphatic rings. The van der Waals surface area contributed by atoms with Gasteiger partial charge in [-0.15, -0.1) is 0 Å². The smallest absolute Gasteiger partial charge is 0.323 e. The van der Waals surface area contributed by atoms with E-state index in [4.69, 9.17) is 5.11 Å². The second-order valence-corrected chi connectivity index (χ2v) is 3.78. The molecule has 1 heterocycles. The number of aliphatic carboxylic acids is 1. The summed E-state index contributed by atoms with van der Waals surface area (Å²) in [6.07, 6.45) is 0.100. The molecular formula is C11H13N3O3. The van der Waals surface area contributed by atoms with Gasteiger partial charge in [0.2, 0.25) is 0 Å². The van der Waals surface area contributed by atoms with Crippen LogP contribution in [0.2, 0.25) is 0 Å². The monoisotopic (exact) mass is 235 g/mol. The molecule has 0 fully saturated rings. The quantitative estimate of drug-likeness (QED) is 0.564. The van der Waals surface area contributed by atoms with E-state index in [1.807, 2.05) is 18.2 Å². The molecule has 0 radical (unpaired) electrons. The van der Waals surface area contributed by atoms with Crippen molar-refractivity contribution >= 4 is 17.0 Å². The predicted molar refractivity (Wildman–Crippen MR) is 62.9 cm³/mol. The summed E-state index contributed by atoms with van der Waals surface area (Å²) in [7, 11) is 0. The lowest BCUT2D eigenvalue weighted by atomic mass is 10.2. The van der Waals surface area contributed by atoms with E-state index in [2.05, 4.69) is 15.3 Å². The normalized spacial score (nSPS) is 10.8. The molecule has 0 bridgehead atoms. The lowest BCUT2D eigenvalue weighted by molar-refractivity contribution is -0.136. The van der Waals surface area contributed by atoms with Crippen LogP contribution in [0.4, 0.5) is 0 Å². The molecule has 6 nitrogen and oxygen atoms in total. The van der Waals surface area contributed by atoms with Gasteiger partial charge in [0.05, 0.1) is 17.5 Å². The molecule has 0 atom stereocenters. The van der Waals surface area contributed by atoms with Gasteiger partial charge in [0, 0.05) is 13.1 Å². The van der Waals surface area contributed by atoms with Gasteiger partial charge in [0.25, 0.3) is 0 Å². The van der Waals surface area contributed by atoms with Crippen molar-refractivity contribution in [3.05, 3.63) is 34.2 Å². The molecule has 0 amide bonds. The number of aromatic amines is 2. The standard InChI is InChI=1S/C11H13N3O3/c15-10(16)3-4-12-6-7-1-2-8-9(5-7)14-11(17)13-8/h1-2,5,12H,3-4,6H2,(H,15,16)(H2,13,14,17). The predicted octanol–water partition coefficient (Wildman–Crippen LogP) is 0.421. The third-order valence-corrected chi connectivity index (χ3v) is 2.43. The Labute approximate surface area is 96.7 Å². The summed E-state index contributed by atoms with van der Waals surface area (Å²) in [5, 5.41) is 11.5. The van der Waals surface area contributed by atoms with Crippen molar-refractivity contribution in [2.75, 3.05) is 6.54 Å². The summed E-state index contributed by atoms with van der Waals surface area (Å²) in [6, 6.07) is 5.57. The number of carbonyl (C=O) groups is 1. The molecule has 0 unspecified atom stereocenters. The van der Waals surface area contributed by atoms with Crippen molar-refractivity contribution in [2.24, 2.45) is 0 Å². The van der Waals surface area contributed by atoms with Gasteiger partial charge in [-0.25, -0.2) is 4.79 Å². The maximum Gasteiger partial charge on any atom is 0.323 e. The molecule has 2 rings (SSSR count). The van der Waals surface area contributed by atoms with Crippen LogP contribution < -0.4 is 11.0 Å². The number of aromatic nitrogens is 2. The first-order chi connectivity index (χ1) is 8.15. The van der Waals surface area contributed by atoms with Crippen molar-refractivity contribution in [1.82, 2.24) is 15.3 Å². The molecule has 6 heteroatoms. The van der Waals surface area contributed by atoms with E-state index >= 15 is 0 Å². The van der Waals surface area contributed by atoms with Gasteiger partial charge in [-0.2, -0.15) is 0 Å². The Bertz CT molecular complexity index is 585. The summed E-state index contributed by atoms with van der Waals surface area (Å²) < 4.78 is 0. The Morgan fingerprint density at radius 3 is 2.82 bits per heavy atom. The average molecular weight is 235 g/mol. The van der Waals surface area contributed by atoms with Gasteiger partial charge in [-0.3, -0.25) is 4.79 Å². The zero-order valence-corrected chi connectivity index (χ0v) is 9.12. The summed E-state index contributed by atoms with van der Waals surface area (Å²) in [5.74, 6) is -0.817. The van der Waals surface area contributed by atoms with Crippen LogP contribution in [-0.4, -0.2) is 27.6 Å². The fourth-order valence-electron chi connectivity index (χ4n) is 1.62. The van der Waals surface area contributed by atoms with E-state index in [-0.39, 0.29) is 12.1 Å². The Hall–Kier alpha value is -2.08. The van der Waals surface area contributed by atoms with Crippen molar-refractivity contribution in [2.45, 2.75) is 13.0 Å². The van der Waals surface area contributed by atoms with Crippen molar-refractivity contribution in [3.63, 3.8) is 0 Å². The maximum atomic E-state index is 11.0. The highest BCUT2D eigenvalue weighted by Crippen LogP contribution is 2.09. The number of hydrogen-bond donors (Lipinski definition) is 4. The first kappa shape index (κ1) is 11.4. The minimum absolute atomic E-state index is 0.100. The van der Waals surface area contributed by atoms with Crippen molar-refractivity contribution < 1.29 is 9.90 Å². The number of imidazole rings is 1. The van der Waals surface area contributed by atoms with Crippen molar-refractivity contribution in [1.29, 1.82) is 0 Å². The van der Waals surface area contributed by atoms with Crippen LogP contribution >= 0.6 is 0 Å². The second-order valence-electron chi connectivity index (χ2n) is 3.78. The Kier molecular flexibility index (Phi) is 3.24. The topological polar surface area (TPSA) is 98.0 Å². The molecule has 17 heavy (non-hydrogen) atoms. The molecule has 0 aliphatic heterocycles. The number of hydrogen-bond acceptors (Lipinski definition) is 3. The molecule has 90 valence electrons. The maximum absolute atomic E-state index is 11.0. The fourth-order valence-corrected chi connectivity index (χ4v) is 1.62. The molecule has 2 aromatic rings. The third-order valence-electron chi connectivity index (χ3n) is 2.43. The summed E-state index contributed by atoms with van der Waals surface area (Å²) in [5.41, 5.74) is 2.30. The number of rotatable bonds is 5. The van der Waals surface area contributed by atoms with Gasteiger partial charge in [0.1, 0.15) is 0 Å². The SMILES string of the molecule is O=C(O)CCNCc1ccc2[nH]c(=O)[nH]c2c1. The van der Waals surface area contributed by atoms with Gasteiger partial charge in [-0.05, 0) is 17.7 Å². The van der Waals surface area contributed by atoms with Crippen molar-refractivity contribution in [3.8, 4) is 0 Å². The minimum Gasteiger partial charge on any atom is -0.481 e. The second kappa shape index (κ2) is 4.84. The van der Waals surface area contributed by atoms with E-state index in [0.29, 0.717) is 13.1 Å². The Balaban J connectivity index is 1.99. The van der Waals surface area contributed by atoms with Crippen LogP contribution in [0.1, 0.15) is 12.0 Å². The first-order valence-electron chi connectivity index (χ1n) is 5.28. The Morgan fingerprint density at radius 1 is 1.29 bits per heavy atom. The van der Waals surface area contributed by atoms with E-state index in [1.54, 1.807) is 0 Å². The number of benzene rings is 1. The van der Waals surface area contributed by atoms with Gasteiger partial charge < -0.3 is 20.4 Å². The van der Waals surface area contributed by atoms with E-state index in [9.17, 15) is 9.59 Å². The number of H-pyrrole nitrogens is 2. The number of nitrogens with one attached hydrogen (secondary N) is 3. The summed E-state index contributed by atoms with van der Waals surface area (Å²) >= 11 is 0. The van der Waals surface area contributed by atoms with E-state index < -0.39 is 5.97 Å². The first-order valence-corrected chi connectivity index (χ1v) is 5.28. The largest absolute Gasteiger partial charge is 0.481 e. The number of carboxylic acids is 1. The summed E-state index contributed by atoms with van der Waals surface area (Å²) in [4.78, 5) is 26.7. The van der Waals surface area contributed by atoms with E-state index in [0.717, 1.165) is 16.6 Å². The molecular weight excluding hydrogens is 222 g/mol. The van der Waals surface area contributed by atoms with Crippen LogP contribution in [-0.2, 0) is 11.3 Å². The molecule has 0 saturated heterocycles. The Morgan fingerprint density at radius 2 is 2.06 bits per heavy atom. The highest BCUT2D eigenvalue weighted by atomic mass is 16.4. The average Bonchev–Trinajstić information content (AvgIpc) is 2.63.